The second-order valence-corrected chi connectivity index (χ2v) is 6.46. The summed E-state index contributed by atoms with van der Waals surface area (Å²) in [6.45, 7) is 0. The van der Waals surface area contributed by atoms with Crippen LogP contribution in [0.5, 0.6) is 0 Å². The highest BCUT2D eigenvalue weighted by Crippen LogP contribution is 2.22. The number of carboxylic acids is 1. The molecule has 0 amide bonds. The number of hydrogen-bond donors (Lipinski definition) is 1. The van der Waals surface area contributed by atoms with Gasteiger partial charge in [0.15, 0.2) is 0 Å². The van der Waals surface area contributed by atoms with E-state index in [0.717, 1.165) is 0 Å². The van der Waals surface area contributed by atoms with Crippen LogP contribution < -0.4 is 5.56 Å². The van der Waals surface area contributed by atoms with Gasteiger partial charge in [-0.25, -0.2) is 14.4 Å². The molecule has 0 aliphatic rings. The third kappa shape index (κ3) is 3.77. The van der Waals surface area contributed by atoms with Gasteiger partial charge in [0.1, 0.15) is 17.9 Å². The normalized spacial score (nSPS) is 11.1. The van der Waals surface area contributed by atoms with Gasteiger partial charge in [0.05, 0.1) is 22.8 Å². The van der Waals surface area contributed by atoms with Crippen molar-refractivity contribution in [1.82, 2.24) is 14.5 Å². The number of carboxylic acid groups (broad SMARTS) is 1. The van der Waals surface area contributed by atoms with Crippen LogP contribution in [0.25, 0.3) is 28.0 Å². The maximum atomic E-state index is 13.3. The second-order valence-electron chi connectivity index (χ2n) is 6.46. The van der Waals surface area contributed by atoms with E-state index in [9.17, 15) is 14.0 Å². The number of benzene rings is 2. The highest BCUT2D eigenvalue weighted by atomic mass is 19.1. The molecule has 0 unspecified atom stereocenters. The Morgan fingerprint density at radius 1 is 1.17 bits per heavy atom. The molecule has 8 heteroatoms. The van der Waals surface area contributed by atoms with Gasteiger partial charge in [-0.05, 0) is 48.9 Å². The van der Waals surface area contributed by atoms with E-state index in [1.807, 2.05) is 0 Å². The average Bonchev–Trinajstić information content (AvgIpc) is 3.23. The highest BCUT2D eigenvalue weighted by Gasteiger charge is 2.15. The van der Waals surface area contributed by atoms with Crippen LogP contribution in [0.4, 0.5) is 4.39 Å². The molecule has 0 aliphatic heterocycles. The fraction of sp³-hybridized carbons (Fsp3) is 0.143. The predicted octanol–water partition coefficient (Wildman–Crippen LogP) is 3.59. The number of aromatic nitrogens is 3. The Bertz CT molecular complexity index is 1230. The number of hydrogen-bond acceptors (Lipinski definition) is 5. The number of oxazole rings is 1. The minimum atomic E-state index is -0.923. The number of halogens is 1. The van der Waals surface area contributed by atoms with E-state index < -0.39 is 11.8 Å². The summed E-state index contributed by atoms with van der Waals surface area (Å²) in [4.78, 5) is 32.8. The third-order valence-corrected chi connectivity index (χ3v) is 4.49. The minimum Gasteiger partial charge on any atom is -0.481 e. The lowest BCUT2D eigenvalue weighted by atomic mass is 10.1. The van der Waals surface area contributed by atoms with Crippen molar-refractivity contribution < 1.29 is 18.7 Å². The number of aryl methyl sites for hydroxylation is 1. The van der Waals surface area contributed by atoms with Gasteiger partial charge in [0.2, 0.25) is 5.89 Å². The van der Waals surface area contributed by atoms with E-state index in [0.29, 0.717) is 40.3 Å². The van der Waals surface area contributed by atoms with Gasteiger partial charge in [-0.2, -0.15) is 0 Å². The summed E-state index contributed by atoms with van der Waals surface area (Å²) in [5.41, 5.74) is 1.28. The Morgan fingerprint density at radius 2 is 1.97 bits per heavy atom. The molecular formula is C21H16FN3O4. The lowest BCUT2D eigenvalue weighted by Gasteiger charge is -2.14. The maximum Gasteiger partial charge on any atom is 0.303 e. The van der Waals surface area contributed by atoms with E-state index in [2.05, 4.69) is 9.97 Å². The number of aliphatic carboxylic acids is 1. The lowest BCUT2D eigenvalue weighted by molar-refractivity contribution is -0.137. The maximum absolute atomic E-state index is 13.3. The zero-order valence-corrected chi connectivity index (χ0v) is 15.2. The number of carbonyl (C=O) groups is 1. The van der Waals surface area contributed by atoms with Crippen molar-refractivity contribution in [3.63, 3.8) is 0 Å². The fourth-order valence-corrected chi connectivity index (χ4v) is 3.15. The molecule has 0 spiro atoms. The van der Waals surface area contributed by atoms with Gasteiger partial charge in [-0.1, -0.05) is 0 Å². The summed E-state index contributed by atoms with van der Waals surface area (Å²) in [6, 6.07) is 10.6. The number of nitrogens with zero attached hydrogens (tertiary/aromatic N) is 3. The van der Waals surface area contributed by atoms with Crippen molar-refractivity contribution in [2.45, 2.75) is 19.3 Å². The lowest BCUT2D eigenvalue weighted by Crippen LogP contribution is -2.24. The van der Waals surface area contributed by atoms with Crippen LogP contribution >= 0.6 is 0 Å². The molecule has 1 N–H and O–H groups in total. The molecule has 0 fully saturated rings. The van der Waals surface area contributed by atoms with Crippen LogP contribution in [-0.2, 0) is 11.2 Å². The smallest absolute Gasteiger partial charge is 0.303 e. The molecule has 0 saturated carbocycles. The first-order valence-electron chi connectivity index (χ1n) is 8.96. The molecule has 4 aromatic rings. The van der Waals surface area contributed by atoms with Crippen molar-refractivity contribution in [2.75, 3.05) is 0 Å². The zero-order chi connectivity index (χ0) is 20.4. The van der Waals surface area contributed by atoms with Crippen molar-refractivity contribution in [1.29, 1.82) is 0 Å². The summed E-state index contributed by atoms with van der Waals surface area (Å²) in [5.74, 6) is -0.532. The van der Waals surface area contributed by atoms with Gasteiger partial charge in [-0.3, -0.25) is 14.2 Å². The minimum absolute atomic E-state index is 0.0479. The first-order chi connectivity index (χ1) is 14.0. The summed E-state index contributed by atoms with van der Waals surface area (Å²) in [7, 11) is 0. The molecule has 0 radical (unpaired) electrons. The Labute approximate surface area is 164 Å². The van der Waals surface area contributed by atoms with Gasteiger partial charge in [-0.15, -0.1) is 0 Å². The van der Waals surface area contributed by atoms with Gasteiger partial charge < -0.3 is 9.52 Å². The van der Waals surface area contributed by atoms with Crippen LogP contribution in [0.1, 0.15) is 18.7 Å². The second kappa shape index (κ2) is 7.67. The molecule has 4 rings (SSSR count). The number of rotatable bonds is 6. The first kappa shape index (κ1) is 18.5. The van der Waals surface area contributed by atoms with Gasteiger partial charge in [0.25, 0.3) is 5.56 Å². The van der Waals surface area contributed by atoms with Crippen molar-refractivity contribution >= 4 is 16.9 Å². The summed E-state index contributed by atoms with van der Waals surface area (Å²) in [5, 5.41) is 9.31. The molecule has 0 atom stereocenters. The van der Waals surface area contributed by atoms with Crippen LogP contribution in [0.15, 0.2) is 64.1 Å². The SMILES string of the molecule is O=C(O)CCCc1nc2cc(-c3ncco3)ccc2c(=O)n1-c1ccc(F)cc1. The monoisotopic (exact) mass is 393 g/mol. The van der Waals surface area contributed by atoms with E-state index >= 15 is 0 Å². The Balaban J connectivity index is 1.88. The summed E-state index contributed by atoms with van der Waals surface area (Å²) in [6.07, 6.45) is 3.52. The average molecular weight is 393 g/mol. The molecule has 0 bridgehead atoms. The zero-order valence-electron chi connectivity index (χ0n) is 15.2. The van der Waals surface area contributed by atoms with Crippen LogP contribution in [0, 0.1) is 5.82 Å². The van der Waals surface area contributed by atoms with Crippen molar-refractivity contribution in [2.24, 2.45) is 0 Å². The molecule has 0 aliphatic carbocycles. The highest BCUT2D eigenvalue weighted by molar-refractivity contribution is 5.82. The van der Waals surface area contributed by atoms with Gasteiger partial charge in [0, 0.05) is 18.4 Å². The molecule has 7 nitrogen and oxygen atoms in total. The molecule has 29 heavy (non-hydrogen) atoms. The van der Waals surface area contributed by atoms with Crippen LogP contribution in [0.2, 0.25) is 0 Å². The van der Waals surface area contributed by atoms with E-state index in [-0.39, 0.29) is 18.4 Å². The molecule has 2 aromatic heterocycles. The molecule has 2 heterocycles. The van der Waals surface area contributed by atoms with E-state index in [1.54, 1.807) is 18.2 Å². The topological polar surface area (TPSA) is 98.2 Å². The quantitative estimate of drug-likeness (QED) is 0.538. The van der Waals surface area contributed by atoms with Gasteiger partial charge >= 0.3 is 5.97 Å². The van der Waals surface area contributed by atoms with Crippen molar-refractivity contribution in [3.05, 3.63) is 76.9 Å². The van der Waals surface area contributed by atoms with Crippen molar-refractivity contribution in [3.8, 4) is 17.1 Å². The Hall–Kier alpha value is -3.81. The Kier molecular flexibility index (Phi) is 4.90. The van der Waals surface area contributed by atoms with E-state index in [4.69, 9.17) is 9.52 Å². The van der Waals surface area contributed by atoms with Crippen LogP contribution in [-0.4, -0.2) is 25.6 Å². The first-order valence-corrected chi connectivity index (χ1v) is 8.96. The standard InChI is InChI=1S/C21H16FN3O4/c22-14-5-7-15(8-6-14)25-18(2-1-3-19(26)27)24-17-12-13(20-23-10-11-29-20)4-9-16(17)21(25)28/h4-12H,1-3H2,(H,26,27). The summed E-state index contributed by atoms with van der Waals surface area (Å²) >= 11 is 0. The molecular weight excluding hydrogens is 377 g/mol. The summed E-state index contributed by atoms with van der Waals surface area (Å²) < 4.78 is 20.0. The fourth-order valence-electron chi connectivity index (χ4n) is 3.15. The molecule has 0 saturated heterocycles. The van der Waals surface area contributed by atoms with E-state index in [1.165, 1.54) is 41.3 Å². The largest absolute Gasteiger partial charge is 0.481 e. The Morgan fingerprint density at radius 3 is 2.66 bits per heavy atom. The van der Waals surface area contributed by atoms with Crippen LogP contribution in [0.3, 0.4) is 0 Å². The molecule has 2 aromatic carbocycles. The molecule has 146 valence electrons. The number of fused-ring (bicyclic) bond motifs is 1. The predicted molar refractivity (Wildman–Crippen MR) is 103 cm³/mol. The third-order valence-electron chi connectivity index (χ3n) is 4.49.